The van der Waals surface area contributed by atoms with Crippen molar-refractivity contribution in [3.63, 3.8) is 0 Å². The average Bonchev–Trinajstić information content (AvgIpc) is 2.16. The predicted molar refractivity (Wildman–Crippen MR) is 59.1 cm³/mol. The van der Waals surface area contributed by atoms with Gasteiger partial charge in [-0.25, -0.2) is 0 Å². The zero-order valence-corrected chi connectivity index (χ0v) is 9.95. The van der Waals surface area contributed by atoms with E-state index in [0.717, 1.165) is 7.11 Å². The van der Waals surface area contributed by atoms with E-state index in [9.17, 15) is 8.42 Å². The Labute approximate surface area is 97.6 Å². The summed E-state index contributed by atoms with van der Waals surface area (Å²) in [6.07, 6.45) is 0. The molecule has 84 valence electrons. The highest BCUT2D eigenvalue weighted by Gasteiger charge is 2.07. The van der Waals surface area contributed by atoms with Gasteiger partial charge in [0.1, 0.15) is 0 Å². The van der Waals surface area contributed by atoms with Crippen LogP contribution in [0.2, 0.25) is 10.0 Å². The molecule has 0 heterocycles. The highest BCUT2D eigenvalue weighted by atomic mass is 35.5. The van der Waals surface area contributed by atoms with E-state index in [1.807, 2.05) is 4.83 Å². The van der Waals surface area contributed by atoms with E-state index in [2.05, 4.69) is 9.61 Å². The number of halogens is 2. The van der Waals surface area contributed by atoms with Crippen molar-refractivity contribution in [3.8, 4) is 0 Å². The summed E-state index contributed by atoms with van der Waals surface area (Å²) in [6.45, 7) is 0. The van der Waals surface area contributed by atoms with E-state index in [4.69, 9.17) is 23.2 Å². The maximum Gasteiger partial charge on any atom is 0.352 e. The lowest BCUT2D eigenvalue weighted by molar-refractivity contribution is 0.390. The predicted octanol–water partition coefficient (Wildman–Crippen LogP) is 1.80. The quantitative estimate of drug-likeness (QED) is 0.819. The molecule has 0 fully saturated rings. The molecule has 0 aromatic heterocycles. The number of hydrogen-bond acceptors (Lipinski definition) is 4. The lowest BCUT2D eigenvalue weighted by Gasteiger charge is -2.08. The maximum atomic E-state index is 10.9. The van der Waals surface area contributed by atoms with Gasteiger partial charge in [0.2, 0.25) is 0 Å². The fourth-order valence-corrected chi connectivity index (χ4v) is 1.52. The molecule has 0 saturated carbocycles. The smallest absolute Gasteiger partial charge is 0.305 e. The Kier molecular flexibility index (Phi) is 4.18. The van der Waals surface area contributed by atoms with Crippen LogP contribution in [-0.2, 0) is 14.5 Å². The van der Waals surface area contributed by atoms with Gasteiger partial charge in [0.15, 0.2) is 0 Å². The molecule has 15 heavy (non-hydrogen) atoms. The first-order valence-electron chi connectivity index (χ1n) is 3.73. The van der Waals surface area contributed by atoms with Gasteiger partial charge in [-0.3, -0.25) is 4.18 Å². The Balaban J connectivity index is 2.74. The van der Waals surface area contributed by atoms with Crippen LogP contribution in [0, 0.1) is 0 Å². The van der Waals surface area contributed by atoms with Crippen LogP contribution in [0.4, 0.5) is 5.69 Å². The lowest BCUT2D eigenvalue weighted by atomic mass is 10.3. The number of hydrazine groups is 1. The van der Waals surface area contributed by atoms with Gasteiger partial charge < -0.3 is 5.43 Å². The number of benzene rings is 1. The van der Waals surface area contributed by atoms with Crippen molar-refractivity contribution >= 4 is 39.2 Å². The van der Waals surface area contributed by atoms with E-state index in [1.165, 1.54) is 12.1 Å². The molecule has 0 amide bonds. The van der Waals surface area contributed by atoms with Crippen molar-refractivity contribution in [1.29, 1.82) is 0 Å². The molecular weight excluding hydrogens is 263 g/mol. The SMILES string of the molecule is COS(=O)(=O)NNc1ccc(Cl)cc1Cl. The zero-order valence-electron chi connectivity index (χ0n) is 7.62. The van der Waals surface area contributed by atoms with Crippen LogP contribution in [0.15, 0.2) is 18.2 Å². The summed E-state index contributed by atoms with van der Waals surface area (Å²) in [7, 11) is -2.76. The van der Waals surface area contributed by atoms with Crippen molar-refractivity contribution in [2.75, 3.05) is 12.5 Å². The van der Waals surface area contributed by atoms with Gasteiger partial charge in [-0.1, -0.05) is 23.2 Å². The van der Waals surface area contributed by atoms with Gasteiger partial charge in [0, 0.05) is 5.02 Å². The Morgan fingerprint density at radius 2 is 2.00 bits per heavy atom. The molecule has 8 heteroatoms. The molecular formula is C7H8Cl2N2O3S. The first-order valence-corrected chi connectivity index (χ1v) is 5.89. The molecule has 0 aliphatic carbocycles. The molecule has 0 bridgehead atoms. The summed E-state index contributed by atoms with van der Waals surface area (Å²) < 4.78 is 25.9. The summed E-state index contributed by atoms with van der Waals surface area (Å²) >= 11 is 11.4. The van der Waals surface area contributed by atoms with Crippen LogP contribution >= 0.6 is 23.2 Å². The molecule has 0 spiro atoms. The summed E-state index contributed by atoms with van der Waals surface area (Å²) in [5.41, 5.74) is 2.75. The standard InChI is InChI=1S/C7H8Cl2N2O3S/c1-14-15(12,13)11-10-7-3-2-5(8)4-6(7)9/h2-4,10-11H,1H3. The Morgan fingerprint density at radius 1 is 1.33 bits per heavy atom. The second kappa shape index (κ2) is 5.00. The van der Waals surface area contributed by atoms with Crippen molar-refractivity contribution < 1.29 is 12.6 Å². The highest BCUT2D eigenvalue weighted by Crippen LogP contribution is 2.24. The molecule has 2 N–H and O–H groups in total. The fraction of sp³-hybridized carbons (Fsp3) is 0.143. The topological polar surface area (TPSA) is 67.4 Å². The van der Waals surface area contributed by atoms with Crippen molar-refractivity contribution in [1.82, 2.24) is 4.83 Å². The number of hydrogen-bond donors (Lipinski definition) is 2. The van der Waals surface area contributed by atoms with Gasteiger partial charge >= 0.3 is 10.3 Å². The number of anilines is 1. The second-order valence-corrected chi connectivity index (χ2v) is 4.76. The Bertz CT molecular complexity index is 450. The minimum atomic E-state index is -3.80. The van der Waals surface area contributed by atoms with Crippen LogP contribution in [0.25, 0.3) is 0 Å². The van der Waals surface area contributed by atoms with Crippen LogP contribution < -0.4 is 10.3 Å². The maximum absolute atomic E-state index is 10.9. The summed E-state index contributed by atoms with van der Waals surface area (Å²) in [5, 5.41) is 0.751. The van der Waals surface area contributed by atoms with E-state index in [0.29, 0.717) is 15.7 Å². The molecule has 0 saturated heterocycles. The van der Waals surface area contributed by atoms with Gasteiger partial charge in [-0.15, -0.1) is 4.83 Å². The van der Waals surface area contributed by atoms with Crippen LogP contribution in [0.1, 0.15) is 0 Å². The fourth-order valence-electron chi connectivity index (χ4n) is 0.750. The molecule has 5 nitrogen and oxygen atoms in total. The van der Waals surface area contributed by atoms with Crippen molar-refractivity contribution in [2.24, 2.45) is 0 Å². The monoisotopic (exact) mass is 270 g/mol. The average molecular weight is 271 g/mol. The summed E-state index contributed by atoms with van der Waals surface area (Å²) in [5.74, 6) is 0. The van der Waals surface area contributed by atoms with E-state index in [-0.39, 0.29) is 0 Å². The van der Waals surface area contributed by atoms with Crippen molar-refractivity contribution in [2.45, 2.75) is 0 Å². The van der Waals surface area contributed by atoms with Crippen LogP contribution in [0.3, 0.4) is 0 Å². The van der Waals surface area contributed by atoms with Gasteiger partial charge in [0.25, 0.3) is 0 Å². The third-order valence-electron chi connectivity index (χ3n) is 1.46. The minimum Gasteiger partial charge on any atom is -0.305 e. The summed E-state index contributed by atoms with van der Waals surface area (Å²) in [6, 6.07) is 4.58. The molecule has 0 aliphatic heterocycles. The minimum absolute atomic E-state index is 0.293. The van der Waals surface area contributed by atoms with Crippen LogP contribution in [0.5, 0.6) is 0 Å². The van der Waals surface area contributed by atoms with E-state index >= 15 is 0 Å². The van der Waals surface area contributed by atoms with Gasteiger partial charge in [-0.2, -0.15) is 8.42 Å². The van der Waals surface area contributed by atoms with Crippen LogP contribution in [-0.4, -0.2) is 15.5 Å². The third-order valence-corrected chi connectivity index (χ3v) is 2.80. The van der Waals surface area contributed by atoms with E-state index in [1.54, 1.807) is 6.07 Å². The largest absolute Gasteiger partial charge is 0.352 e. The molecule has 0 atom stereocenters. The van der Waals surface area contributed by atoms with Crippen molar-refractivity contribution in [3.05, 3.63) is 28.2 Å². The molecule has 1 aromatic carbocycles. The summed E-state index contributed by atoms with van der Waals surface area (Å²) in [4.78, 5) is 1.96. The molecule has 0 unspecified atom stereocenters. The normalized spacial score (nSPS) is 11.4. The molecule has 0 aliphatic rings. The van der Waals surface area contributed by atoms with Gasteiger partial charge in [0.05, 0.1) is 17.8 Å². The lowest BCUT2D eigenvalue weighted by Crippen LogP contribution is -2.30. The molecule has 1 aromatic rings. The first-order chi connectivity index (χ1) is 6.94. The first kappa shape index (κ1) is 12.5. The zero-order chi connectivity index (χ0) is 11.5. The van der Waals surface area contributed by atoms with E-state index < -0.39 is 10.3 Å². The third kappa shape index (κ3) is 3.84. The number of nitrogens with one attached hydrogen (secondary N) is 2. The Hall–Kier alpha value is -0.530. The number of rotatable bonds is 4. The molecule has 0 radical (unpaired) electrons. The second-order valence-electron chi connectivity index (χ2n) is 2.47. The highest BCUT2D eigenvalue weighted by molar-refractivity contribution is 7.84. The Morgan fingerprint density at radius 3 is 2.53 bits per heavy atom. The van der Waals surface area contributed by atoms with Gasteiger partial charge in [-0.05, 0) is 18.2 Å². The molecule has 1 rings (SSSR count).